The van der Waals surface area contributed by atoms with E-state index < -0.39 is 0 Å². The second-order valence-electron chi connectivity index (χ2n) is 6.21. The van der Waals surface area contributed by atoms with Crippen LogP contribution in [0.2, 0.25) is 0 Å². The van der Waals surface area contributed by atoms with Crippen LogP contribution in [0.3, 0.4) is 0 Å². The first-order chi connectivity index (χ1) is 11.7. The van der Waals surface area contributed by atoms with E-state index in [1.54, 1.807) is 6.20 Å². The van der Waals surface area contributed by atoms with Gasteiger partial charge in [-0.2, -0.15) is 0 Å². The zero-order valence-electron chi connectivity index (χ0n) is 14.8. The molecule has 24 heavy (non-hydrogen) atoms. The van der Waals surface area contributed by atoms with Gasteiger partial charge in [0.1, 0.15) is 5.82 Å². The Kier molecular flexibility index (Phi) is 7.53. The zero-order chi connectivity index (χ0) is 17.2. The largest absolute Gasteiger partial charge is 0.465 e. The first-order valence-electron chi connectivity index (χ1n) is 8.99. The summed E-state index contributed by atoms with van der Waals surface area (Å²) >= 11 is 0. The summed E-state index contributed by atoms with van der Waals surface area (Å²) < 4.78 is 5.39. The van der Waals surface area contributed by atoms with Gasteiger partial charge in [0.15, 0.2) is 0 Å². The molecule has 0 bridgehead atoms. The Morgan fingerprint density at radius 1 is 1.12 bits per heavy atom. The number of carbonyl (C=O) groups is 1. The van der Waals surface area contributed by atoms with Crippen molar-refractivity contribution in [1.29, 1.82) is 0 Å². The fourth-order valence-corrected chi connectivity index (χ4v) is 2.61. The summed E-state index contributed by atoms with van der Waals surface area (Å²) in [5.74, 6) is 0.267. The minimum atomic E-state index is -0.324. The van der Waals surface area contributed by atoms with E-state index >= 15 is 0 Å². The van der Waals surface area contributed by atoms with Gasteiger partial charge >= 0.3 is 5.97 Å². The molecule has 130 valence electrons. The minimum Gasteiger partial charge on any atom is -0.465 e. The molecular formula is C20H28N2O2. The number of unbranched alkanes of at least 4 members (excludes halogenated alkanes) is 5. The summed E-state index contributed by atoms with van der Waals surface area (Å²) in [5.41, 5.74) is 1.80. The van der Waals surface area contributed by atoms with Gasteiger partial charge < -0.3 is 9.72 Å². The van der Waals surface area contributed by atoms with E-state index in [0.29, 0.717) is 6.61 Å². The van der Waals surface area contributed by atoms with Crippen LogP contribution in [-0.4, -0.2) is 22.5 Å². The molecule has 2 rings (SSSR count). The van der Waals surface area contributed by atoms with Gasteiger partial charge in [-0.3, -0.25) is 4.79 Å². The third-order valence-corrected chi connectivity index (χ3v) is 4.20. The predicted molar refractivity (Wildman–Crippen MR) is 96.8 cm³/mol. The number of aromatic nitrogens is 2. The van der Waals surface area contributed by atoms with E-state index in [1.165, 1.54) is 25.7 Å². The molecule has 0 saturated carbocycles. The molecule has 1 N–H and O–H groups in total. The van der Waals surface area contributed by atoms with Crippen LogP contribution in [0.15, 0.2) is 36.5 Å². The smallest absolute Gasteiger partial charge is 0.314 e. The molecule has 0 spiro atoms. The number of carbonyl (C=O) groups excluding carboxylic acids is 1. The van der Waals surface area contributed by atoms with Crippen LogP contribution in [0.25, 0.3) is 11.4 Å². The lowest BCUT2D eigenvalue weighted by Crippen LogP contribution is -2.14. The fourth-order valence-electron chi connectivity index (χ4n) is 2.61. The van der Waals surface area contributed by atoms with Crippen LogP contribution in [0.5, 0.6) is 0 Å². The summed E-state index contributed by atoms with van der Waals surface area (Å²) in [6, 6.07) is 9.88. The van der Waals surface area contributed by atoms with Gasteiger partial charge in [0.25, 0.3) is 0 Å². The Hall–Kier alpha value is -2.10. The Morgan fingerprint density at radius 2 is 1.83 bits per heavy atom. The van der Waals surface area contributed by atoms with Crippen LogP contribution in [0.4, 0.5) is 0 Å². The standard InChI is InChI=1S/C20H28N2O2/c1-3-4-5-6-7-11-14-24-20(23)16(2)18-15-21-19(22-18)17-12-9-8-10-13-17/h8-10,12-13,15-16H,3-7,11,14H2,1-2H3,(H,21,22). The molecule has 0 radical (unpaired) electrons. The number of H-pyrrole nitrogens is 1. The molecule has 0 fully saturated rings. The SMILES string of the molecule is CCCCCCCCOC(=O)C(C)c1cnc(-c2ccccc2)[nH]1. The first kappa shape index (κ1) is 18.2. The number of ether oxygens (including phenoxy) is 1. The second-order valence-corrected chi connectivity index (χ2v) is 6.21. The molecule has 4 nitrogen and oxygen atoms in total. The van der Waals surface area contributed by atoms with E-state index in [-0.39, 0.29) is 11.9 Å². The molecule has 0 amide bonds. The monoisotopic (exact) mass is 328 g/mol. The summed E-state index contributed by atoms with van der Waals surface area (Å²) in [7, 11) is 0. The molecule has 0 saturated heterocycles. The lowest BCUT2D eigenvalue weighted by molar-refractivity contribution is -0.145. The van der Waals surface area contributed by atoms with Gasteiger partial charge in [-0.15, -0.1) is 0 Å². The molecule has 4 heteroatoms. The highest BCUT2D eigenvalue weighted by molar-refractivity contribution is 5.77. The molecule has 2 aromatic rings. The molecule has 1 unspecified atom stereocenters. The normalized spacial score (nSPS) is 12.1. The van der Waals surface area contributed by atoms with E-state index in [0.717, 1.165) is 29.9 Å². The van der Waals surface area contributed by atoms with Crippen LogP contribution in [0.1, 0.15) is 64.0 Å². The average Bonchev–Trinajstić information content (AvgIpc) is 3.11. The third kappa shape index (κ3) is 5.52. The maximum atomic E-state index is 12.2. The Balaban J connectivity index is 1.76. The van der Waals surface area contributed by atoms with Gasteiger partial charge in [0.2, 0.25) is 0 Å². The first-order valence-corrected chi connectivity index (χ1v) is 8.99. The molecule has 0 aliphatic rings. The molecule has 1 aromatic heterocycles. The van der Waals surface area contributed by atoms with Gasteiger partial charge in [0.05, 0.1) is 12.5 Å². The Bertz CT molecular complexity index is 607. The molecule has 0 aliphatic heterocycles. The number of imidazole rings is 1. The number of esters is 1. The number of aromatic amines is 1. The highest BCUT2D eigenvalue weighted by Crippen LogP contribution is 2.20. The number of nitrogens with zero attached hydrogens (tertiary/aromatic N) is 1. The van der Waals surface area contributed by atoms with Crippen LogP contribution in [0, 0.1) is 0 Å². The highest BCUT2D eigenvalue weighted by atomic mass is 16.5. The number of rotatable bonds is 10. The number of benzene rings is 1. The maximum absolute atomic E-state index is 12.2. The Labute approximate surface area is 144 Å². The highest BCUT2D eigenvalue weighted by Gasteiger charge is 2.19. The van der Waals surface area contributed by atoms with Crippen molar-refractivity contribution < 1.29 is 9.53 Å². The Morgan fingerprint density at radius 3 is 2.58 bits per heavy atom. The van der Waals surface area contributed by atoms with Crippen molar-refractivity contribution in [2.24, 2.45) is 0 Å². The average molecular weight is 328 g/mol. The van der Waals surface area contributed by atoms with Crippen molar-refractivity contribution in [3.05, 3.63) is 42.2 Å². The number of hydrogen-bond acceptors (Lipinski definition) is 3. The van der Waals surface area contributed by atoms with E-state index in [1.807, 2.05) is 37.3 Å². The van der Waals surface area contributed by atoms with Crippen LogP contribution in [-0.2, 0) is 9.53 Å². The van der Waals surface area contributed by atoms with Crippen molar-refractivity contribution in [2.45, 2.75) is 58.3 Å². The number of nitrogens with one attached hydrogen (secondary N) is 1. The van der Waals surface area contributed by atoms with Crippen molar-refractivity contribution in [1.82, 2.24) is 9.97 Å². The second kappa shape index (κ2) is 9.91. The van der Waals surface area contributed by atoms with Crippen molar-refractivity contribution in [3.63, 3.8) is 0 Å². The minimum absolute atomic E-state index is 0.188. The summed E-state index contributed by atoms with van der Waals surface area (Å²) in [6.07, 6.45) is 8.84. The fraction of sp³-hybridized carbons (Fsp3) is 0.500. The van der Waals surface area contributed by atoms with Crippen molar-refractivity contribution in [2.75, 3.05) is 6.61 Å². The molecular weight excluding hydrogens is 300 g/mol. The molecule has 1 atom stereocenters. The van der Waals surface area contributed by atoms with Gasteiger partial charge in [-0.1, -0.05) is 69.4 Å². The molecule has 1 heterocycles. The predicted octanol–water partition coefficient (Wildman–Crippen LogP) is 5.08. The number of hydrogen-bond donors (Lipinski definition) is 1. The van der Waals surface area contributed by atoms with Crippen molar-refractivity contribution >= 4 is 5.97 Å². The van der Waals surface area contributed by atoms with Gasteiger partial charge in [-0.05, 0) is 13.3 Å². The zero-order valence-corrected chi connectivity index (χ0v) is 14.8. The summed E-state index contributed by atoms with van der Waals surface area (Å²) in [4.78, 5) is 19.7. The van der Waals surface area contributed by atoms with Crippen molar-refractivity contribution in [3.8, 4) is 11.4 Å². The lowest BCUT2D eigenvalue weighted by Gasteiger charge is -2.10. The van der Waals surface area contributed by atoms with Crippen LogP contribution < -0.4 is 0 Å². The lowest BCUT2D eigenvalue weighted by atomic mass is 10.1. The maximum Gasteiger partial charge on any atom is 0.314 e. The van der Waals surface area contributed by atoms with E-state index in [4.69, 9.17) is 4.74 Å². The summed E-state index contributed by atoms with van der Waals surface area (Å²) in [5, 5.41) is 0. The summed E-state index contributed by atoms with van der Waals surface area (Å²) in [6.45, 7) is 4.57. The topological polar surface area (TPSA) is 55.0 Å². The van der Waals surface area contributed by atoms with Gasteiger partial charge in [-0.25, -0.2) is 4.98 Å². The third-order valence-electron chi connectivity index (χ3n) is 4.20. The molecule has 1 aromatic carbocycles. The molecule has 0 aliphatic carbocycles. The quantitative estimate of drug-likeness (QED) is 0.488. The van der Waals surface area contributed by atoms with E-state index in [9.17, 15) is 4.79 Å². The van der Waals surface area contributed by atoms with E-state index in [2.05, 4.69) is 16.9 Å². The van der Waals surface area contributed by atoms with Crippen LogP contribution >= 0.6 is 0 Å². The van der Waals surface area contributed by atoms with Gasteiger partial charge in [0, 0.05) is 17.5 Å².